The number of halogens is 1. The maximum absolute atomic E-state index is 13.7. The molecule has 0 bridgehead atoms. The fourth-order valence-corrected chi connectivity index (χ4v) is 3.08. The van der Waals surface area contributed by atoms with Crippen molar-refractivity contribution in [1.82, 2.24) is 15.3 Å². The molecule has 0 aliphatic carbocycles. The summed E-state index contributed by atoms with van der Waals surface area (Å²) in [7, 11) is 0. The molecule has 0 spiro atoms. The van der Waals surface area contributed by atoms with Gasteiger partial charge in [-0.1, -0.05) is 30.3 Å². The second-order valence-corrected chi connectivity index (χ2v) is 6.04. The summed E-state index contributed by atoms with van der Waals surface area (Å²) in [6.07, 6.45) is 0. The monoisotopic (exact) mass is 354 g/mol. The Bertz CT molecular complexity index is 1090. The largest absolute Gasteiger partial charge is 0.329 e. The zero-order chi connectivity index (χ0) is 17.2. The number of aromatic nitrogens is 3. The first-order chi connectivity index (χ1) is 12.2. The fraction of sp³-hybridized carbons (Fsp3) is 0. The van der Waals surface area contributed by atoms with Crippen molar-refractivity contribution in [2.24, 2.45) is 0 Å². The van der Waals surface area contributed by atoms with Gasteiger partial charge in [-0.05, 0) is 23.4 Å². The lowest BCUT2D eigenvalue weighted by Gasteiger charge is -2.03. The van der Waals surface area contributed by atoms with Crippen LogP contribution in [0.25, 0.3) is 22.5 Å². The highest BCUT2D eigenvalue weighted by atomic mass is 32.1. The van der Waals surface area contributed by atoms with Gasteiger partial charge in [-0.25, -0.2) is 9.37 Å². The fourth-order valence-electron chi connectivity index (χ4n) is 2.35. The summed E-state index contributed by atoms with van der Waals surface area (Å²) in [5.41, 5.74) is 2.35. The predicted octanol–water partition coefficient (Wildman–Crippen LogP) is 4.04. The summed E-state index contributed by atoms with van der Waals surface area (Å²) in [6, 6.07) is 13.7. The van der Waals surface area contributed by atoms with Crippen LogP contribution < -0.4 is 10.9 Å². The average molecular weight is 354 g/mol. The summed E-state index contributed by atoms with van der Waals surface area (Å²) in [5, 5.41) is 11.2. The maximum atomic E-state index is 13.7. The van der Waals surface area contributed by atoms with Gasteiger partial charge in [0, 0.05) is 16.5 Å². The topological polar surface area (TPSA) is 83.8 Å². The lowest BCUT2D eigenvalue weighted by atomic mass is 10.1. The van der Waals surface area contributed by atoms with Gasteiger partial charge in [-0.15, -0.1) is 11.3 Å². The van der Waals surface area contributed by atoms with E-state index in [0.717, 1.165) is 5.56 Å². The van der Waals surface area contributed by atoms with Crippen LogP contribution in [0.4, 0.5) is 15.2 Å². The van der Waals surface area contributed by atoms with Crippen LogP contribution in [0.5, 0.6) is 0 Å². The third kappa shape index (κ3) is 3.07. The van der Waals surface area contributed by atoms with E-state index in [1.54, 1.807) is 30.3 Å². The van der Waals surface area contributed by atoms with Gasteiger partial charge in [0.05, 0.1) is 11.4 Å². The lowest BCUT2D eigenvalue weighted by Crippen LogP contribution is -2.01. The van der Waals surface area contributed by atoms with Gasteiger partial charge in [0.1, 0.15) is 5.82 Å². The zero-order valence-electron chi connectivity index (χ0n) is 12.7. The molecule has 0 aliphatic rings. The normalized spacial score (nSPS) is 10.8. The van der Waals surface area contributed by atoms with E-state index in [-0.39, 0.29) is 11.5 Å². The molecule has 0 radical (unpaired) electrons. The van der Waals surface area contributed by atoms with Crippen molar-refractivity contribution in [2.75, 3.05) is 5.32 Å². The molecule has 0 atom stereocenters. The Balaban J connectivity index is 1.63. The minimum atomic E-state index is -0.391. The number of benzene rings is 2. The number of para-hydroxylation sites is 1. The first-order valence-corrected chi connectivity index (χ1v) is 8.21. The molecule has 2 aromatic carbocycles. The lowest BCUT2D eigenvalue weighted by molar-refractivity contribution is 0.305. The van der Waals surface area contributed by atoms with Gasteiger partial charge in [0.15, 0.2) is 10.8 Å². The van der Waals surface area contributed by atoms with E-state index >= 15 is 0 Å². The number of nitrogens with one attached hydrogen (secondary N) is 2. The van der Waals surface area contributed by atoms with Crippen molar-refractivity contribution < 1.29 is 9.02 Å². The molecule has 0 saturated heterocycles. The Hall–Kier alpha value is -3.26. The summed E-state index contributed by atoms with van der Waals surface area (Å²) in [6.45, 7) is 0. The van der Waals surface area contributed by atoms with Crippen LogP contribution in [0.3, 0.4) is 0 Å². The first kappa shape index (κ1) is 15.3. The van der Waals surface area contributed by atoms with E-state index in [0.29, 0.717) is 22.1 Å². The van der Waals surface area contributed by atoms with Crippen LogP contribution in [0.1, 0.15) is 0 Å². The maximum Gasteiger partial charge on any atom is 0.308 e. The van der Waals surface area contributed by atoms with Crippen LogP contribution in [-0.2, 0) is 0 Å². The number of nitrogens with zero attached hydrogens (tertiary/aromatic N) is 2. The summed E-state index contributed by atoms with van der Waals surface area (Å²) in [4.78, 5) is 16.1. The quantitative estimate of drug-likeness (QED) is 0.578. The smallest absolute Gasteiger partial charge is 0.308 e. The van der Waals surface area contributed by atoms with Gasteiger partial charge >= 0.3 is 5.56 Å². The van der Waals surface area contributed by atoms with E-state index in [4.69, 9.17) is 0 Å². The highest BCUT2D eigenvalue weighted by Gasteiger charge is 2.11. The van der Waals surface area contributed by atoms with Gasteiger partial charge in [0.25, 0.3) is 0 Å². The minimum absolute atomic E-state index is 0.210. The van der Waals surface area contributed by atoms with Crippen molar-refractivity contribution in [3.8, 4) is 22.5 Å². The van der Waals surface area contributed by atoms with Crippen molar-refractivity contribution in [2.45, 2.75) is 0 Å². The second-order valence-electron chi connectivity index (χ2n) is 5.19. The minimum Gasteiger partial charge on any atom is -0.329 e. The van der Waals surface area contributed by atoms with E-state index in [1.807, 2.05) is 17.5 Å². The molecule has 0 fully saturated rings. The summed E-state index contributed by atoms with van der Waals surface area (Å²) >= 11 is 1.36. The molecule has 6 nitrogen and oxygen atoms in total. The molecule has 0 aliphatic heterocycles. The first-order valence-electron chi connectivity index (χ1n) is 7.33. The molecule has 124 valence electrons. The summed E-state index contributed by atoms with van der Waals surface area (Å²) in [5.74, 6) is -0.341. The molecule has 2 heterocycles. The van der Waals surface area contributed by atoms with Crippen molar-refractivity contribution in [1.29, 1.82) is 0 Å². The van der Waals surface area contributed by atoms with Gasteiger partial charge in [0.2, 0.25) is 0 Å². The molecule has 8 heteroatoms. The van der Waals surface area contributed by atoms with Gasteiger partial charge in [-0.2, -0.15) is 5.16 Å². The van der Waals surface area contributed by atoms with E-state index < -0.39 is 5.56 Å². The average Bonchev–Trinajstić information content (AvgIpc) is 3.26. The molecular formula is C17H11FN4O2S. The van der Waals surface area contributed by atoms with Crippen LogP contribution in [0.15, 0.2) is 63.3 Å². The zero-order valence-corrected chi connectivity index (χ0v) is 13.5. The predicted molar refractivity (Wildman–Crippen MR) is 93.4 cm³/mol. The second kappa shape index (κ2) is 6.33. The number of hydrogen-bond donors (Lipinski definition) is 2. The highest BCUT2D eigenvalue weighted by Crippen LogP contribution is 2.29. The number of hydrogen-bond acceptors (Lipinski definition) is 6. The van der Waals surface area contributed by atoms with Crippen LogP contribution in [0, 0.1) is 5.82 Å². The summed E-state index contributed by atoms with van der Waals surface area (Å²) < 4.78 is 18.3. The number of anilines is 2. The van der Waals surface area contributed by atoms with Gasteiger partial charge < -0.3 is 5.32 Å². The van der Waals surface area contributed by atoms with E-state index in [1.165, 1.54) is 17.4 Å². The van der Waals surface area contributed by atoms with Crippen LogP contribution in [0.2, 0.25) is 0 Å². The Labute approximate surface area is 144 Å². The molecule has 0 amide bonds. The molecule has 4 rings (SSSR count). The van der Waals surface area contributed by atoms with Crippen molar-refractivity contribution in [3.05, 3.63) is 70.1 Å². The van der Waals surface area contributed by atoms with E-state index in [9.17, 15) is 9.18 Å². The number of aromatic amines is 1. The van der Waals surface area contributed by atoms with E-state index in [2.05, 4.69) is 25.2 Å². The van der Waals surface area contributed by atoms with Gasteiger partial charge in [-0.3, -0.25) is 9.42 Å². The van der Waals surface area contributed by atoms with Crippen molar-refractivity contribution in [3.63, 3.8) is 0 Å². The molecule has 4 aromatic rings. The standard InChI is InChI=1S/C17H11FN4O2S/c18-12-6-1-2-7-13(12)19-17-20-14(9-25-17)10-4-3-5-11(8-10)15-16(23)22-24-21-15/h1-9H,(H,19,20)(H,22,23). The van der Waals surface area contributed by atoms with Crippen LogP contribution >= 0.6 is 11.3 Å². The van der Waals surface area contributed by atoms with Crippen molar-refractivity contribution >= 4 is 22.2 Å². The molecular weight excluding hydrogens is 343 g/mol. The number of H-pyrrole nitrogens is 1. The molecule has 0 unspecified atom stereocenters. The SMILES string of the molecule is O=c1[nH]onc1-c1cccc(-c2csc(Nc3ccccc3F)n2)c1. The number of thiazole rings is 1. The Kier molecular flexibility index (Phi) is 3.87. The van der Waals surface area contributed by atoms with Crippen LogP contribution in [-0.4, -0.2) is 15.3 Å². The molecule has 2 aromatic heterocycles. The molecule has 25 heavy (non-hydrogen) atoms. The number of rotatable bonds is 4. The highest BCUT2D eigenvalue weighted by molar-refractivity contribution is 7.14. The Morgan fingerprint density at radius 1 is 1.12 bits per heavy atom. The Morgan fingerprint density at radius 3 is 2.76 bits per heavy atom. The molecule has 0 saturated carbocycles. The third-order valence-electron chi connectivity index (χ3n) is 3.54. The molecule has 2 N–H and O–H groups in total. The Morgan fingerprint density at radius 2 is 1.96 bits per heavy atom. The third-order valence-corrected chi connectivity index (χ3v) is 4.30.